The summed E-state index contributed by atoms with van der Waals surface area (Å²) in [4.78, 5) is 22.8. The molecule has 1 amide bonds. The zero-order valence-corrected chi connectivity index (χ0v) is 15.0. The maximum absolute atomic E-state index is 12.7. The lowest BCUT2D eigenvalue weighted by Crippen LogP contribution is -2.34. The van der Waals surface area contributed by atoms with Crippen molar-refractivity contribution >= 4 is 17.5 Å². The molecule has 1 aromatic carbocycles. The minimum absolute atomic E-state index is 0.157. The maximum atomic E-state index is 12.7. The van der Waals surface area contributed by atoms with Gasteiger partial charge in [-0.25, -0.2) is 9.97 Å². The molecule has 1 N–H and O–H groups in total. The van der Waals surface area contributed by atoms with E-state index in [9.17, 15) is 18.0 Å². The average molecular weight is 378 g/mol. The molecule has 2 heterocycles. The molecule has 0 bridgehead atoms. The Kier molecular flexibility index (Phi) is 5.62. The number of amides is 1. The molecule has 0 atom stereocenters. The third-order valence-electron chi connectivity index (χ3n) is 4.61. The van der Waals surface area contributed by atoms with Crippen LogP contribution in [0.15, 0.2) is 36.7 Å². The van der Waals surface area contributed by atoms with Gasteiger partial charge < -0.3 is 10.2 Å². The molecule has 0 saturated carbocycles. The fraction of sp³-hybridized carbons (Fsp3) is 0.421. The molecular weight excluding hydrogens is 357 g/mol. The zero-order chi connectivity index (χ0) is 19.4. The molecule has 0 radical (unpaired) electrons. The molecule has 5 nitrogen and oxygen atoms in total. The number of carbonyl (C=O) groups is 1. The van der Waals surface area contributed by atoms with Gasteiger partial charge in [-0.3, -0.25) is 4.79 Å². The van der Waals surface area contributed by atoms with Gasteiger partial charge in [0.15, 0.2) is 0 Å². The lowest BCUT2D eigenvalue weighted by Gasteiger charge is -2.30. The van der Waals surface area contributed by atoms with Crippen molar-refractivity contribution in [2.75, 3.05) is 23.3 Å². The van der Waals surface area contributed by atoms with Crippen LogP contribution in [0.1, 0.15) is 30.9 Å². The smallest absolute Gasteiger partial charge is 0.341 e. The first kappa shape index (κ1) is 19.1. The van der Waals surface area contributed by atoms with E-state index in [2.05, 4.69) is 27.1 Å². The van der Waals surface area contributed by atoms with Crippen LogP contribution in [-0.2, 0) is 17.4 Å². The lowest BCUT2D eigenvalue weighted by atomic mass is 10.00. The largest absolute Gasteiger partial charge is 0.416 e. The molecule has 27 heavy (non-hydrogen) atoms. The van der Waals surface area contributed by atoms with Crippen molar-refractivity contribution in [2.24, 2.45) is 5.92 Å². The predicted octanol–water partition coefficient (Wildman–Crippen LogP) is 3.91. The summed E-state index contributed by atoms with van der Waals surface area (Å²) in [6.45, 7) is 4.03. The van der Waals surface area contributed by atoms with E-state index in [0.717, 1.165) is 38.1 Å². The van der Waals surface area contributed by atoms with Crippen molar-refractivity contribution < 1.29 is 18.0 Å². The van der Waals surface area contributed by atoms with Crippen LogP contribution in [-0.4, -0.2) is 29.0 Å². The Hall–Kier alpha value is -2.64. The monoisotopic (exact) mass is 378 g/mol. The molecule has 1 aromatic heterocycles. The molecule has 8 heteroatoms. The third kappa shape index (κ3) is 5.18. The summed E-state index contributed by atoms with van der Waals surface area (Å²) in [5, 5.41) is 2.62. The Bertz CT molecular complexity index is 784. The van der Waals surface area contributed by atoms with Crippen LogP contribution >= 0.6 is 0 Å². The summed E-state index contributed by atoms with van der Waals surface area (Å²) in [6.07, 6.45) is 0.643. The van der Waals surface area contributed by atoms with E-state index in [1.807, 2.05) is 0 Å². The van der Waals surface area contributed by atoms with Crippen LogP contribution in [0.5, 0.6) is 0 Å². The third-order valence-corrected chi connectivity index (χ3v) is 4.61. The summed E-state index contributed by atoms with van der Waals surface area (Å²) in [7, 11) is 0. The highest BCUT2D eigenvalue weighted by atomic mass is 19.4. The van der Waals surface area contributed by atoms with E-state index < -0.39 is 17.6 Å². The number of hydrogen-bond donors (Lipinski definition) is 1. The fourth-order valence-electron chi connectivity index (χ4n) is 3.01. The van der Waals surface area contributed by atoms with Gasteiger partial charge in [0.05, 0.1) is 30.1 Å². The first-order valence-corrected chi connectivity index (χ1v) is 8.84. The van der Waals surface area contributed by atoms with E-state index in [-0.39, 0.29) is 6.42 Å². The zero-order valence-electron chi connectivity index (χ0n) is 15.0. The van der Waals surface area contributed by atoms with Gasteiger partial charge in [-0.15, -0.1) is 0 Å². The van der Waals surface area contributed by atoms with Crippen LogP contribution in [0.25, 0.3) is 0 Å². The number of anilines is 2. The van der Waals surface area contributed by atoms with Crippen LogP contribution < -0.4 is 10.2 Å². The molecule has 1 aliphatic rings. The van der Waals surface area contributed by atoms with Gasteiger partial charge in [0.2, 0.25) is 11.9 Å². The summed E-state index contributed by atoms with van der Waals surface area (Å²) >= 11 is 0. The van der Waals surface area contributed by atoms with Crippen LogP contribution in [0, 0.1) is 5.92 Å². The molecule has 1 aliphatic heterocycles. The van der Waals surface area contributed by atoms with Gasteiger partial charge in [0.25, 0.3) is 0 Å². The van der Waals surface area contributed by atoms with Crippen molar-refractivity contribution in [3.63, 3.8) is 0 Å². The average Bonchev–Trinajstić information content (AvgIpc) is 2.62. The number of piperidine rings is 1. The Balaban J connectivity index is 1.58. The molecule has 1 fully saturated rings. The first-order chi connectivity index (χ1) is 12.8. The molecule has 0 spiro atoms. The van der Waals surface area contributed by atoms with Crippen molar-refractivity contribution in [1.29, 1.82) is 0 Å². The Labute approximate surface area is 155 Å². The number of nitrogens with one attached hydrogen (secondary N) is 1. The second-order valence-electron chi connectivity index (χ2n) is 6.86. The molecule has 1 saturated heterocycles. The highest BCUT2D eigenvalue weighted by Crippen LogP contribution is 2.29. The molecular formula is C19H21F3N4O. The minimum Gasteiger partial charge on any atom is -0.341 e. The fourth-order valence-corrected chi connectivity index (χ4v) is 3.01. The Morgan fingerprint density at radius 2 is 1.89 bits per heavy atom. The number of carbonyl (C=O) groups excluding carboxylic acids is 1. The van der Waals surface area contributed by atoms with Gasteiger partial charge in [0.1, 0.15) is 0 Å². The van der Waals surface area contributed by atoms with Crippen molar-refractivity contribution in [1.82, 2.24) is 9.97 Å². The number of halogens is 3. The number of alkyl halides is 3. The highest BCUT2D eigenvalue weighted by Gasteiger charge is 2.30. The molecule has 3 rings (SSSR count). The van der Waals surface area contributed by atoms with Gasteiger partial charge in [-0.05, 0) is 30.4 Å². The van der Waals surface area contributed by atoms with E-state index in [0.29, 0.717) is 23.1 Å². The lowest BCUT2D eigenvalue weighted by molar-refractivity contribution is -0.137. The molecule has 2 aromatic rings. The van der Waals surface area contributed by atoms with E-state index >= 15 is 0 Å². The number of benzene rings is 1. The van der Waals surface area contributed by atoms with Crippen LogP contribution in [0.2, 0.25) is 0 Å². The predicted molar refractivity (Wildman–Crippen MR) is 96.4 cm³/mol. The summed E-state index contributed by atoms with van der Waals surface area (Å²) in [6, 6.07) is 4.75. The Morgan fingerprint density at radius 3 is 2.52 bits per heavy atom. The van der Waals surface area contributed by atoms with Gasteiger partial charge in [0, 0.05) is 13.1 Å². The number of aromatic nitrogens is 2. The van der Waals surface area contributed by atoms with Crippen molar-refractivity contribution in [2.45, 2.75) is 32.4 Å². The normalized spacial score (nSPS) is 15.6. The Morgan fingerprint density at radius 1 is 1.22 bits per heavy atom. The maximum Gasteiger partial charge on any atom is 0.416 e. The topological polar surface area (TPSA) is 58.1 Å². The highest BCUT2D eigenvalue weighted by molar-refractivity contribution is 5.92. The first-order valence-electron chi connectivity index (χ1n) is 8.84. The second-order valence-corrected chi connectivity index (χ2v) is 6.86. The van der Waals surface area contributed by atoms with Crippen LogP contribution in [0.4, 0.5) is 24.8 Å². The summed E-state index contributed by atoms with van der Waals surface area (Å²) in [5.74, 6) is 0.908. The quantitative estimate of drug-likeness (QED) is 0.876. The van der Waals surface area contributed by atoms with Gasteiger partial charge >= 0.3 is 6.18 Å². The molecule has 0 aliphatic carbocycles. The summed E-state index contributed by atoms with van der Waals surface area (Å²) in [5.41, 5.74) is -0.0558. The van der Waals surface area contributed by atoms with Crippen LogP contribution in [0.3, 0.4) is 0 Å². The molecule has 144 valence electrons. The minimum atomic E-state index is -4.43. The molecule has 0 unspecified atom stereocenters. The standard InChI is InChI=1S/C19H21F3N4O/c1-13-5-7-26(8-6-13)18-23-11-16(12-24-18)25-17(27)10-14-3-2-4-15(9-14)19(20,21)22/h2-4,9,11-13H,5-8,10H2,1H3,(H,25,27). The van der Waals surface area contributed by atoms with Crippen molar-refractivity contribution in [3.8, 4) is 0 Å². The van der Waals surface area contributed by atoms with E-state index in [1.54, 1.807) is 0 Å². The van der Waals surface area contributed by atoms with Gasteiger partial charge in [-0.2, -0.15) is 13.2 Å². The van der Waals surface area contributed by atoms with Gasteiger partial charge in [-0.1, -0.05) is 25.1 Å². The number of hydrogen-bond acceptors (Lipinski definition) is 4. The second kappa shape index (κ2) is 7.94. The van der Waals surface area contributed by atoms with Crippen molar-refractivity contribution in [3.05, 3.63) is 47.8 Å². The summed E-state index contributed by atoms with van der Waals surface area (Å²) < 4.78 is 38.2. The number of rotatable bonds is 4. The number of nitrogens with zero attached hydrogens (tertiary/aromatic N) is 3. The SMILES string of the molecule is CC1CCN(c2ncc(NC(=O)Cc3cccc(C(F)(F)F)c3)cn2)CC1. The van der Waals surface area contributed by atoms with E-state index in [1.165, 1.54) is 24.5 Å². The van der Waals surface area contributed by atoms with E-state index in [4.69, 9.17) is 0 Å².